The van der Waals surface area contributed by atoms with E-state index in [0.29, 0.717) is 15.4 Å². The minimum absolute atomic E-state index is 0.0351. The first-order chi connectivity index (χ1) is 8.58. The lowest BCUT2D eigenvalue weighted by Gasteiger charge is -2.20. The van der Waals surface area contributed by atoms with Gasteiger partial charge in [-0.25, -0.2) is 4.79 Å². The maximum atomic E-state index is 12.0. The number of nitrogens with one attached hydrogen (secondary N) is 1. The van der Waals surface area contributed by atoms with Gasteiger partial charge in [-0.15, -0.1) is 11.3 Å². The fraction of sp³-hybridized carbons (Fsp3) is 0.538. The van der Waals surface area contributed by atoms with Crippen LogP contribution in [0.5, 0.6) is 0 Å². The first-order valence-corrected chi connectivity index (χ1v) is 7.04. The van der Waals surface area contributed by atoms with Crippen LogP contribution in [0, 0.1) is 12.8 Å². The van der Waals surface area contributed by atoms with Crippen LogP contribution in [0.3, 0.4) is 0 Å². The third-order valence-electron chi connectivity index (χ3n) is 3.33. The lowest BCUT2D eigenvalue weighted by molar-refractivity contribution is -0.120. The Balaban J connectivity index is 2.02. The average Bonchev–Trinajstić information content (AvgIpc) is 2.71. The molecule has 1 heterocycles. The number of hydrogen-bond acceptors (Lipinski definition) is 3. The number of thiophene rings is 1. The van der Waals surface area contributed by atoms with Gasteiger partial charge in [-0.2, -0.15) is 0 Å². The van der Waals surface area contributed by atoms with Gasteiger partial charge < -0.3 is 10.4 Å². The largest absolute Gasteiger partial charge is 0.477 e. The van der Waals surface area contributed by atoms with Crippen LogP contribution in [0.4, 0.5) is 5.00 Å². The highest BCUT2D eigenvalue weighted by molar-refractivity contribution is 7.18. The highest BCUT2D eigenvalue weighted by Gasteiger charge is 2.22. The van der Waals surface area contributed by atoms with E-state index in [4.69, 9.17) is 5.11 Å². The summed E-state index contributed by atoms with van der Waals surface area (Å²) < 4.78 is 0. The van der Waals surface area contributed by atoms with Gasteiger partial charge in [-0.3, -0.25) is 4.79 Å². The van der Waals surface area contributed by atoms with Crippen LogP contribution < -0.4 is 5.32 Å². The van der Waals surface area contributed by atoms with Crippen LogP contribution in [0.1, 0.15) is 47.3 Å². The van der Waals surface area contributed by atoms with E-state index in [-0.39, 0.29) is 11.8 Å². The zero-order chi connectivity index (χ0) is 13.1. The molecule has 1 saturated carbocycles. The minimum Gasteiger partial charge on any atom is -0.477 e. The van der Waals surface area contributed by atoms with Crippen molar-refractivity contribution in [3.05, 3.63) is 16.5 Å². The van der Waals surface area contributed by atoms with Crippen molar-refractivity contribution < 1.29 is 14.7 Å². The molecule has 0 bridgehead atoms. The summed E-state index contributed by atoms with van der Waals surface area (Å²) in [5.74, 6) is -0.807. The predicted octanol–water partition coefficient (Wildman–Crippen LogP) is 3.27. The molecule has 4 nitrogen and oxygen atoms in total. The van der Waals surface area contributed by atoms with Crippen LogP contribution in [0.25, 0.3) is 0 Å². The van der Waals surface area contributed by atoms with Crippen LogP contribution >= 0.6 is 11.3 Å². The van der Waals surface area contributed by atoms with E-state index in [1.165, 1.54) is 6.42 Å². The number of amides is 1. The molecule has 0 unspecified atom stereocenters. The van der Waals surface area contributed by atoms with Gasteiger partial charge in [0.15, 0.2) is 0 Å². The zero-order valence-corrected chi connectivity index (χ0v) is 11.2. The molecular formula is C13H17NO3S. The molecule has 1 aromatic heterocycles. The van der Waals surface area contributed by atoms with Crippen molar-refractivity contribution in [1.82, 2.24) is 0 Å². The van der Waals surface area contributed by atoms with E-state index >= 15 is 0 Å². The molecule has 2 N–H and O–H groups in total. The summed E-state index contributed by atoms with van der Waals surface area (Å²) >= 11 is 1.13. The molecule has 2 rings (SSSR count). The Morgan fingerprint density at radius 1 is 1.33 bits per heavy atom. The Morgan fingerprint density at radius 2 is 2.00 bits per heavy atom. The van der Waals surface area contributed by atoms with Crippen molar-refractivity contribution in [2.24, 2.45) is 5.92 Å². The topological polar surface area (TPSA) is 66.4 Å². The molecular weight excluding hydrogens is 250 g/mol. The van der Waals surface area contributed by atoms with Gasteiger partial charge in [0, 0.05) is 5.92 Å². The first kappa shape index (κ1) is 13.1. The van der Waals surface area contributed by atoms with Crippen molar-refractivity contribution in [3.8, 4) is 0 Å². The second-order valence-corrected chi connectivity index (χ2v) is 5.80. The summed E-state index contributed by atoms with van der Waals surface area (Å²) in [4.78, 5) is 23.2. The van der Waals surface area contributed by atoms with E-state index in [0.717, 1.165) is 37.0 Å². The smallest absolute Gasteiger partial charge is 0.346 e. The van der Waals surface area contributed by atoms with Gasteiger partial charge in [0.05, 0.1) is 5.00 Å². The molecule has 1 aromatic rings. The molecule has 1 aliphatic rings. The van der Waals surface area contributed by atoms with Crippen molar-refractivity contribution in [1.29, 1.82) is 0 Å². The van der Waals surface area contributed by atoms with Gasteiger partial charge in [0.1, 0.15) is 4.88 Å². The quantitative estimate of drug-likeness (QED) is 0.883. The Labute approximate surface area is 110 Å². The van der Waals surface area contributed by atoms with E-state index in [9.17, 15) is 9.59 Å². The van der Waals surface area contributed by atoms with Crippen LogP contribution in [0.2, 0.25) is 0 Å². The fourth-order valence-corrected chi connectivity index (χ4v) is 3.26. The number of carboxylic acid groups (broad SMARTS) is 1. The molecule has 1 amide bonds. The lowest BCUT2D eigenvalue weighted by Crippen LogP contribution is -2.24. The minimum atomic E-state index is -0.935. The first-order valence-electron chi connectivity index (χ1n) is 6.22. The SMILES string of the molecule is Cc1cc(NC(=O)C2CCCCC2)sc1C(=O)O. The van der Waals surface area contributed by atoms with Gasteiger partial charge in [-0.1, -0.05) is 19.3 Å². The molecule has 5 heteroatoms. The molecule has 0 aliphatic heterocycles. The summed E-state index contributed by atoms with van der Waals surface area (Å²) in [6.45, 7) is 1.75. The van der Waals surface area contributed by atoms with Crippen molar-refractivity contribution in [2.75, 3.05) is 5.32 Å². The maximum absolute atomic E-state index is 12.0. The van der Waals surface area contributed by atoms with E-state index in [1.807, 2.05) is 0 Å². The zero-order valence-electron chi connectivity index (χ0n) is 10.4. The summed E-state index contributed by atoms with van der Waals surface area (Å²) in [6.07, 6.45) is 5.33. The molecule has 0 saturated heterocycles. The standard InChI is InChI=1S/C13H17NO3S/c1-8-7-10(18-11(8)13(16)17)14-12(15)9-5-3-2-4-6-9/h7,9H,2-6H2,1H3,(H,14,15)(H,16,17). The average molecular weight is 267 g/mol. The van der Waals surface area contributed by atoms with Crippen molar-refractivity contribution >= 4 is 28.2 Å². The molecule has 1 aliphatic carbocycles. The Hall–Kier alpha value is -1.36. The maximum Gasteiger partial charge on any atom is 0.346 e. The number of carbonyl (C=O) groups is 2. The number of hydrogen-bond donors (Lipinski definition) is 2. The molecule has 1 fully saturated rings. The molecule has 0 aromatic carbocycles. The van der Waals surface area contributed by atoms with Gasteiger partial charge in [0.25, 0.3) is 0 Å². The van der Waals surface area contributed by atoms with Crippen molar-refractivity contribution in [3.63, 3.8) is 0 Å². The Bertz CT molecular complexity index is 461. The van der Waals surface area contributed by atoms with Crippen LogP contribution in [0.15, 0.2) is 6.07 Å². The van der Waals surface area contributed by atoms with Crippen LogP contribution in [-0.2, 0) is 4.79 Å². The summed E-state index contributed by atoms with van der Waals surface area (Å²) in [5.41, 5.74) is 0.700. The normalized spacial score (nSPS) is 16.5. The fourth-order valence-electron chi connectivity index (χ4n) is 2.34. The highest BCUT2D eigenvalue weighted by atomic mass is 32.1. The Morgan fingerprint density at radius 3 is 2.56 bits per heavy atom. The summed E-state index contributed by atoms with van der Waals surface area (Å²) in [7, 11) is 0. The highest BCUT2D eigenvalue weighted by Crippen LogP contribution is 2.29. The van der Waals surface area contributed by atoms with Gasteiger partial charge in [-0.05, 0) is 31.4 Å². The number of carbonyl (C=O) groups excluding carboxylic acids is 1. The molecule has 0 atom stereocenters. The van der Waals surface area contributed by atoms with Gasteiger partial charge in [0.2, 0.25) is 5.91 Å². The predicted molar refractivity (Wildman–Crippen MR) is 71.2 cm³/mol. The second-order valence-electron chi connectivity index (χ2n) is 4.75. The van der Waals surface area contributed by atoms with E-state index in [2.05, 4.69) is 5.32 Å². The van der Waals surface area contributed by atoms with Gasteiger partial charge >= 0.3 is 5.97 Å². The number of rotatable bonds is 3. The molecule has 18 heavy (non-hydrogen) atoms. The second kappa shape index (κ2) is 5.52. The number of carboxylic acids is 1. The van der Waals surface area contributed by atoms with E-state index in [1.54, 1.807) is 13.0 Å². The molecule has 0 spiro atoms. The number of aryl methyl sites for hydroxylation is 1. The Kier molecular flexibility index (Phi) is 4.01. The lowest BCUT2D eigenvalue weighted by atomic mass is 9.89. The van der Waals surface area contributed by atoms with E-state index < -0.39 is 5.97 Å². The third kappa shape index (κ3) is 2.90. The molecule has 0 radical (unpaired) electrons. The summed E-state index contributed by atoms with van der Waals surface area (Å²) in [6, 6.07) is 1.73. The monoisotopic (exact) mass is 267 g/mol. The summed E-state index contributed by atoms with van der Waals surface area (Å²) in [5, 5.41) is 12.4. The van der Waals surface area contributed by atoms with Crippen LogP contribution in [-0.4, -0.2) is 17.0 Å². The molecule has 98 valence electrons. The number of anilines is 1. The number of aromatic carboxylic acids is 1. The third-order valence-corrected chi connectivity index (χ3v) is 4.47. The van der Waals surface area contributed by atoms with Crippen molar-refractivity contribution in [2.45, 2.75) is 39.0 Å².